The van der Waals surface area contributed by atoms with Gasteiger partial charge in [-0.1, -0.05) is 26.3 Å². The first-order valence-electron chi connectivity index (χ1n) is 18.5. The summed E-state index contributed by atoms with van der Waals surface area (Å²) in [4.78, 5) is 55.6. The second-order valence-corrected chi connectivity index (χ2v) is 15.6. The number of rotatable bonds is 10. The molecule has 1 N–H and O–H groups in total. The van der Waals surface area contributed by atoms with Crippen molar-refractivity contribution in [3.63, 3.8) is 0 Å². The molecule has 354 valence electrons. The molecule has 0 aromatic rings. The van der Waals surface area contributed by atoms with Gasteiger partial charge in [0.15, 0.2) is 0 Å². The van der Waals surface area contributed by atoms with E-state index in [2.05, 4.69) is 35.8 Å². The van der Waals surface area contributed by atoms with E-state index in [4.69, 9.17) is 19.3 Å². The number of carbonyl (C=O) groups is 5. The van der Waals surface area contributed by atoms with Crippen LogP contribution in [0.5, 0.6) is 0 Å². The predicted octanol–water partition coefficient (Wildman–Crippen LogP) is 8.83. The third-order valence-corrected chi connectivity index (χ3v) is 9.70. The van der Waals surface area contributed by atoms with E-state index in [9.17, 15) is 76.7 Å². The third-order valence-electron chi connectivity index (χ3n) is 9.70. The highest BCUT2D eigenvalue weighted by Crippen LogP contribution is 2.55. The highest BCUT2D eigenvalue weighted by Gasteiger charge is 2.70. The number of carbonyl (C=O) groups excluding carboxylic acids is 5. The van der Waals surface area contributed by atoms with E-state index in [0.29, 0.717) is 17.1 Å². The lowest BCUT2D eigenvalue weighted by Crippen LogP contribution is -2.58. The molecule has 4 aliphatic rings. The van der Waals surface area contributed by atoms with Gasteiger partial charge in [0.2, 0.25) is 0 Å². The van der Waals surface area contributed by atoms with Gasteiger partial charge in [0.25, 0.3) is 11.7 Å². The molecule has 11 nitrogen and oxygen atoms in total. The molecule has 3 aliphatic carbocycles. The Balaban J connectivity index is 0.000000418. The molecule has 6 unspecified atom stereocenters. The van der Waals surface area contributed by atoms with Crippen LogP contribution in [-0.4, -0.2) is 95.3 Å². The lowest BCUT2D eigenvalue weighted by atomic mass is 9.88. The normalized spacial score (nSPS) is 22.8. The number of ether oxygens (including phenoxy) is 5. The van der Waals surface area contributed by atoms with Gasteiger partial charge in [-0.2, -0.15) is 52.7 Å². The van der Waals surface area contributed by atoms with Crippen molar-refractivity contribution in [1.29, 1.82) is 0 Å². The quantitative estimate of drug-likeness (QED) is 0.0969. The largest absolute Gasteiger partial charge is 0.459 e. The fourth-order valence-electron chi connectivity index (χ4n) is 6.48. The van der Waals surface area contributed by atoms with Gasteiger partial charge >= 0.3 is 54.6 Å². The Labute approximate surface area is 348 Å². The van der Waals surface area contributed by atoms with Crippen molar-refractivity contribution in [3.8, 4) is 0 Å². The van der Waals surface area contributed by atoms with Crippen molar-refractivity contribution in [2.24, 2.45) is 17.8 Å². The fourth-order valence-corrected chi connectivity index (χ4v) is 6.48. The maximum absolute atomic E-state index is 12.3. The zero-order valence-corrected chi connectivity index (χ0v) is 34.4. The molecule has 1 saturated heterocycles. The van der Waals surface area contributed by atoms with Crippen LogP contribution in [0, 0.1) is 17.8 Å². The maximum Gasteiger partial charge on any atom is 0.434 e. The van der Waals surface area contributed by atoms with E-state index in [-0.39, 0.29) is 53.1 Å². The van der Waals surface area contributed by atoms with Gasteiger partial charge in [0, 0.05) is 40.5 Å². The second-order valence-electron chi connectivity index (χ2n) is 15.6. The van der Waals surface area contributed by atoms with Crippen molar-refractivity contribution in [3.05, 3.63) is 48.6 Å². The molecule has 62 heavy (non-hydrogen) atoms. The molecule has 1 heterocycles. The van der Waals surface area contributed by atoms with Crippen molar-refractivity contribution >= 4 is 29.8 Å². The topological polar surface area (TPSA) is 152 Å². The Morgan fingerprint density at radius 1 is 0.726 bits per heavy atom. The standard InChI is InChI=1S/C12H14O4.C10H12F6O3.C10H16O2.C7H6F6O2/c1-5(2)11(13)15-9-6-3-7-8(4-6)12(14)16-10(7)9;1-5(2)7(17)19-6(3)4-8(18,9(11,12)13)10(14,15)16;1-8(2)9(11)12-10(3)6-4-5-7-10;1-3(2)4(14)15-5(6(8,9)10)7(11,12)13/h6-10H,1,3-4H2,2H3;6,18H,1,4H2,2-3H3;1,4-7H2,2-3H3;5H,1H2,2H3. The summed E-state index contributed by atoms with van der Waals surface area (Å²) in [6.45, 7) is 21.3. The average molecular weight is 921 g/mol. The number of alkyl halides is 12. The van der Waals surface area contributed by atoms with Crippen molar-refractivity contribution in [1.82, 2.24) is 0 Å². The Bertz CT molecular complexity index is 1680. The van der Waals surface area contributed by atoms with Crippen molar-refractivity contribution in [2.75, 3.05) is 0 Å². The number of hydrogen-bond donors (Lipinski definition) is 1. The lowest BCUT2D eigenvalue weighted by Gasteiger charge is -2.33. The summed E-state index contributed by atoms with van der Waals surface area (Å²) >= 11 is 0. The Morgan fingerprint density at radius 3 is 1.53 bits per heavy atom. The van der Waals surface area contributed by atoms with Crippen molar-refractivity contribution in [2.45, 2.75) is 147 Å². The first kappa shape index (κ1) is 55.4. The van der Waals surface area contributed by atoms with E-state index in [1.165, 1.54) is 19.8 Å². The first-order valence-corrected chi connectivity index (χ1v) is 18.5. The van der Waals surface area contributed by atoms with Gasteiger partial charge < -0.3 is 28.8 Å². The minimum atomic E-state index is -5.94. The van der Waals surface area contributed by atoms with Crippen LogP contribution in [0.25, 0.3) is 0 Å². The zero-order valence-electron chi connectivity index (χ0n) is 34.4. The number of hydrogen-bond acceptors (Lipinski definition) is 11. The summed E-state index contributed by atoms with van der Waals surface area (Å²) in [6, 6.07) is 0. The molecular weight excluding hydrogens is 872 g/mol. The molecule has 6 atom stereocenters. The van der Waals surface area contributed by atoms with Gasteiger partial charge in [-0.15, -0.1) is 0 Å². The molecule has 0 amide bonds. The predicted molar refractivity (Wildman–Crippen MR) is 191 cm³/mol. The van der Waals surface area contributed by atoms with Gasteiger partial charge in [-0.3, -0.25) is 4.79 Å². The van der Waals surface area contributed by atoms with E-state index in [0.717, 1.165) is 39.5 Å². The maximum atomic E-state index is 12.3. The van der Waals surface area contributed by atoms with Gasteiger partial charge in [-0.25, -0.2) is 19.2 Å². The van der Waals surface area contributed by atoms with Gasteiger partial charge in [0.05, 0.1) is 5.92 Å². The van der Waals surface area contributed by atoms with Crippen LogP contribution < -0.4 is 0 Å². The van der Waals surface area contributed by atoms with Crippen LogP contribution in [0.15, 0.2) is 48.6 Å². The minimum Gasteiger partial charge on any atom is -0.459 e. The first-order chi connectivity index (χ1) is 27.8. The second kappa shape index (κ2) is 20.7. The SMILES string of the molecule is C=C(C)C(=O)OC(C(F)(F)F)C(F)(F)F.C=C(C)C(=O)OC(C)CC(O)(C(F)(F)F)C(F)(F)F.C=C(C)C(=O)OC1(C)CCCC1.C=C(C)C(=O)OC1C2CC3C(=O)OC1C3C2. The molecular formula is C39H48F12O11. The van der Waals surface area contributed by atoms with E-state index >= 15 is 0 Å². The van der Waals surface area contributed by atoms with Crippen LogP contribution in [-0.2, 0) is 47.7 Å². The summed E-state index contributed by atoms with van der Waals surface area (Å²) in [5, 5.41) is 8.84. The summed E-state index contributed by atoms with van der Waals surface area (Å²) in [5.41, 5.74) is -5.00. The molecule has 4 rings (SSSR count). The molecule has 23 heteroatoms. The number of esters is 5. The third kappa shape index (κ3) is 15.1. The lowest BCUT2D eigenvalue weighted by molar-refractivity contribution is -0.373. The average Bonchev–Trinajstić information content (AvgIpc) is 3.84. The zero-order chi connectivity index (χ0) is 48.7. The smallest absolute Gasteiger partial charge is 0.434 e. The molecule has 3 saturated carbocycles. The van der Waals surface area contributed by atoms with Crippen molar-refractivity contribution < 1.29 is 105 Å². The van der Waals surface area contributed by atoms with Crippen LogP contribution >= 0.6 is 0 Å². The van der Waals surface area contributed by atoms with Crippen LogP contribution in [0.4, 0.5) is 52.7 Å². The summed E-state index contributed by atoms with van der Waals surface area (Å²) < 4.78 is 168. The minimum absolute atomic E-state index is 0.0646. The molecule has 2 bridgehead atoms. The van der Waals surface area contributed by atoms with E-state index in [1.54, 1.807) is 13.8 Å². The summed E-state index contributed by atoms with van der Waals surface area (Å²) in [6.07, 6.45) is -25.4. The molecule has 4 fully saturated rings. The molecule has 0 aromatic carbocycles. The molecule has 0 aromatic heterocycles. The van der Waals surface area contributed by atoms with Gasteiger partial charge in [0.1, 0.15) is 23.9 Å². The highest BCUT2D eigenvalue weighted by atomic mass is 19.4. The van der Waals surface area contributed by atoms with Crippen LogP contribution in [0.3, 0.4) is 0 Å². The molecule has 1 aliphatic heterocycles. The summed E-state index contributed by atoms with van der Waals surface area (Å²) in [5.74, 6) is -2.97. The van der Waals surface area contributed by atoms with Gasteiger partial charge in [-0.05, 0) is 80.1 Å². The monoisotopic (exact) mass is 920 g/mol. The van der Waals surface area contributed by atoms with E-state index in [1.807, 2.05) is 6.92 Å². The number of halogens is 12. The summed E-state index contributed by atoms with van der Waals surface area (Å²) in [7, 11) is 0. The number of fused-ring (bicyclic) bond motifs is 1. The Hall–Kier alpha value is -4.57. The Morgan fingerprint density at radius 2 is 1.15 bits per heavy atom. The molecule has 0 spiro atoms. The van der Waals surface area contributed by atoms with E-state index < -0.39 is 66.4 Å². The van der Waals surface area contributed by atoms with Crippen LogP contribution in [0.1, 0.15) is 86.5 Å². The van der Waals surface area contributed by atoms with Crippen LogP contribution in [0.2, 0.25) is 0 Å². The highest BCUT2D eigenvalue weighted by molar-refractivity contribution is 5.88. The molecule has 0 radical (unpaired) electrons. The Kier molecular flexibility index (Phi) is 18.5. The fraction of sp³-hybridized carbons (Fsp3) is 0.667. The number of aliphatic hydroxyl groups is 1.